The van der Waals surface area contributed by atoms with Gasteiger partial charge in [0.05, 0.1) is 11.2 Å². The quantitative estimate of drug-likeness (QED) is 0.736. The number of nitrogens with zero attached hydrogens (tertiary/aromatic N) is 1. The van der Waals surface area contributed by atoms with Gasteiger partial charge in [-0.1, -0.05) is 11.6 Å². The van der Waals surface area contributed by atoms with Gasteiger partial charge in [-0.2, -0.15) is 4.98 Å². The highest BCUT2D eigenvalue weighted by Gasteiger charge is 2.32. The third kappa shape index (κ3) is 2.81. The van der Waals surface area contributed by atoms with Crippen molar-refractivity contribution in [3.63, 3.8) is 0 Å². The summed E-state index contributed by atoms with van der Waals surface area (Å²) in [5.74, 6) is 0.626. The van der Waals surface area contributed by atoms with Crippen LogP contribution < -0.4 is 5.32 Å². The molecule has 1 aliphatic carbocycles. The zero-order valence-corrected chi connectivity index (χ0v) is 14.0. The Balaban J connectivity index is 1.81. The van der Waals surface area contributed by atoms with Crippen LogP contribution in [0.25, 0.3) is 11.7 Å². The highest BCUT2D eigenvalue weighted by molar-refractivity contribution is 7.91. The lowest BCUT2D eigenvalue weighted by Crippen LogP contribution is -2.08. The first kappa shape index (κ1) is 15.3. The van der Waals surface area contributed by atoms with Gasteiger partial charge in [0.25, 0.3) is 5.89 Å². The van der Waals surface area contributed by atoms with Crippen LogP contribution in [0.1, 0.15) is 12.8 Å². The molecule has 3 aromatic rings. The second kappa shape index (κ2) is 5.68. The number of benzene rings is 1. The summed E-state index contributed by atoms with van der Waals surface area (Å²) in [7, 11) is -3.84. The maximum atomic E-state index is 12.9. The van der Waals surface area contributed by atoms with Crippen LogP contribution in [0, 0.1) is 0 Å². The molecule has 0 atom stereocenters. The molecule has 8 heteroatoms. The molecule has 0 spiro atoms. The fraction of sp³-hybridized carbons (Fsp3) is 0.188. The SMILES string of the molecule is O=S(=O)(c1ccc(Cl)cc1)c1nc(-c2ccco2)oc1NC1CC1. The van der Waals surface area contributed by atoms with Crippen molar-refractivity contribution in [1.82, 2.24) is 4.98 Å². The predicted octanol–water partition coefficient (Wildman–Crippen LogP) is 4.00. The van der Waals surface area contributed by atoms with Crippen molar-refractivity contribution in [2.75, 3.05) is 5.32 Å². The third-order valence-electron chi connectivity index (χ3n) is 3.62. The van der Waals surface area contributed by atoms with Crippen LogP contribution in [0.4, 0.5) is 5.88 Å². The Hall–Kier alpha value is -2.25. The normalized spacial score (nSPS) is 14.7. The number of furan rings is 1. The molecule has 0 saturated heterocycles. The lowest BCUT2D eigenvalue weighted by atomic mass is 10.4. The summed E-state index contributed by atoms with van der Waals surface area (Å²) in [6.45, 7) is 0. The number of sulfone groups is 1. The van der Waals surface area contributed by atoms with E-state index in [1.54, 1.807) is 12.1 Å². The van der Waals surface area contributed by atoms with Crippen molar-refractivity contribution in [2.24, 2.45) is 0 Å². The van der Waals surface area contributed by atoms with E-state index >= 15 is 0 Å². The molecule has 1 aliphatic rings. The molecule has 0 bridgehead atoms. The van der Waals surface area contributed by atoms with Gasteiger partial charge in [0.1, 0.15) is 0 Å². The zero-order chi connectivity index (χ0) is 16.7. The summed E-state index contributed by atoms with van der Waals surface area (Å²) in [6, 6.07) is 9.49. The number of hydrogen-bond donors (Lipinski definition) is 1. The van der Waals surface area contributed by atoms with Gasteiger partial charge in [-0.3, -0.25) is 0 Å². The van der Waals surface area contributed by atoms with Crippen LogP contribution in [0.15, 0.2) is 61.4 Å². The predicted molar refractivity (Wildman–Crippen MR) is 87.8 cm³/mol. The average molecular weight is 365 g/mol. The van der Waals surface area contributed by atoms with E-state index in [0.717, 1.165) is 12.8 Å². The summed E-state index contributed by atoms with van der Waals surface area (Å²) in [6.07, 6.45) is 3.41. The molecule has 1 fully saturated rings. The van der Waals surface area contributed by atoms with E-state index in [0.29, 0.717) is 10.8 Å². The van der Waals surface area contributed by atoms with E-state index in [1.807, 2.05) is 0 Å². The Morgan fingerprint density at radius 2 is 1.92 bits per heavy atom. The molecule has 0 amide bonds. The number of rotatable bonds is 5. The minimum absolute atomic E-state index is 0.102. The van der Waals surface area contributed by atoms with Crippen molar-refractivity contribution in [3.8, 4) is 11.7 Å². The fourth-order valence-electron chi connectivity index (χ4n) is 2.22. The molecule has 1 N–H and O–H groups in total. The van der Waals surface area contributed by atoms with Gasteiger partial charge in [0.15, 0.2) is 5.76 Å². The lowest BCUT2D eigenvalue weighted by molar-refractivity contribution is 0.522. The van der Waals surface area contributed by atoms with E-state index in [1.165, 1.54) is 30.5 Å². The molecule has 1 aromatic carbocycles. The second-order valence-corrected chi connectivity index (χ2v) is 7.81. The van der Waals surface area contributed by atoms with Crippen molar-refractivity contribution < 1.29 is 17.3 Å². The lowest BCUT2D eigenvalue weighted by Gasteiger charge is -2.04. The Morgan fingerprint density at radius 1 is 1.17 bits per heavy atom. The number of anilines is 1. The molecule has 1 saturated carbocycles. The van der Waals surface area contributed by atoms with E-state index in [-0.39, 0.29) is 27.7 Å². The van der Waals surface area contributed by atoms with Gasteiger partial charge < -0.3 is 14.2 Å². The first-order valence-corrected chi connectivity index (χ1v) is 9.22. The van der Waals surface area contributed by atoms with Gasteiger partial charge in [-0.05, 0) is 49.2 Å². The van der Waals surface area contributed by atoms with Crippen molar-refractivity contribution >= 4 is 27.3 Å². The highest BCUT2D eigenvalue weighted by Crippen LogP contribution is 2.35. The van der Waals surface area contributed by atoms with Crippen molar-refractivity contribution in [1.29, 1.82) is 0 Å². The smallest absolute Gasteiger partial charge is 0.266 e. The van der Waals surface area contributed by atoms with Crippen LogP contribution in [0.2, 0.25) is 5.02 Å². The van der Waals surface area contributed by atoms with E-state index in [9.17, 15) is 8.42 Å². The number of hydrogen-bond acceptors (Lipinski definition) is 6. The first-order chi connectivity index (χ1) is 11.5. The molecule has 6 nitrogen and oxygen atoms in total. The van der Waals surface area contributed by atoms with Gasteiger partial charge in [-0.15, -0.1) is 0 Å². The number of aromatic nitrogens is 1. The van der Waals surface area contributed by atoms with Crippen molar-refractivity contribution in [3.05, 3.63) is 47.7 Å². The van der Waals surface area contributed by atoms with Gasteiger partial charge in [0.2, 0.25) is 20.7 Å². The largest absolute Gasteiger partial charge is 0.459 e. The second-order valence-electron chi connectivity index (χ2n) is 5.51. The van der Waals surface area contributed by atoms with E-state index in [4.69, 9.17) is 20.4 Å². The highest BCUT2D eigenvalue weighted by atomic mass is 35.5. The standard InChI is InChI=1S/C16H13ClN2O4S/c17-10-3-7-12(8-4-10)24(20,21)16-15(18-11-5-6-11)23-14(19-16)13-2-1-9-22-13/h1-4,7-9,11,18H,5-6H2. The summed E-state index contributed by atoms with van der Waals surface area (Å²) in [4.78, 5) is 4.26. The van der Waals surface area contributed by atoms with Gasteiger partial charge in [-0.25, -0.2) is 8.42 Å². The van der Waals surface area contributed by atoms with Crippen LogP contribution >= 0.6 is 11.6 Å². The summed E-state index contributed by atoms with van der Waals surface area (Å²) >= 11 is 5.83. The van der Waals surface area contributed by atoms with E-state index in [2.05, 4.69) is 10.3 Å². The van der Waals surface area contributed by atoms with Gasteiger partial charge >= 0.3 is 0 Å². The number of nitrogens with one attached hydrogen (secondary N) is 1. The molecule has 2 aromatic heterocycles. The molecule has 0 unspecified atom stereocenters. The maximum absolute atomic E-state index is 12.9. The topological polar surface area (TPSA) is 85.3 Å². The Morgan fingerprint density at radius 3 is 2.54 bits per heavy atom. The molecule has 124 valence electrons. The minimum atomic E-state index is -3.84. The Kier molecular flexibility index (Phi) is 3.62. The van der Waals surface area contributed by atoms with Crippen LogP contribution in [-0.2, 0) is 9.84 Å². The number of oxazole rings is 1. The van der Waals surface area contributed by atoms with Crippen molar-refractivity contribution in [2.45, 2.75) is 28.8 Å². The molecule has 2 heterocycles. The zero-order valence-electron chi connectivity index (χ0n) is 12.4. The number of halogens is 1. The van der Waals surface area contributed by atoms with E-state index < -0.39 is 9.84 Å². The molecular weight excluding hydrogens is 352 g/mol. The molecular formula is C16H13ClN2O4S. The summed E-state index contributed by atoms with van der Waals surface area (Å²) < 4.78 is 36.7. The minimum Gasteiger partial charge on any atom is -0.459 e. The van der Waals surface area contributed by atoms with Crippen LogP contribution in [0.3, 0.4) is 0 Å². The molecule has 0 aliphatic heterocycles. The average Bonchev–Trinajstić information content (AvgIpc) is 3.04. The van der Waals surface area contributed by atoms with Crippen LogP contribution in [-0.4, -0.2) is 19.4 Å². The Bertz CT molecular complexity index is 958. The maximum Gasteiger partial charge on any atom is 0.266 e. The fourth-order valence-corrected chi connectivity index (χ4v) is 3.61. The monoisotopic (exact) mass is 364 g/mol. The third-order valence-corrected chi connectivity index (χ3v) is 5.55. The first-order valence-electron chi connectivity index (χ1n) is 7.36. The van der Waals surface area contributed by atoms with Gasteiger partial charge in [0, 0.05) is 11.1 Å². The summed E-state index contributed by atoms with van der Waals surface area (Å²) in [5, 5.41) is 3.39. The molecule has 4 rings (SSSR count). The molecule has 0 radical (unpaired) electrons. The van der Waals surface area contributed by atoms with Crippen LogP contribution in [0.5, 0.6) is 0 Å². The Labute approximate surface area is 143 Å². The summed E-state index contributed by atoms with van der Waals surface area (Å²) in [5.41, 5.74) is 0. The molecule has 24 heavy (non-hydrogen) atoms.